The highest BCUT2D eigenvalue weighted by atomic mass is 16.7. The predicted octanol–water partition coefficient (Wildman–Crippen LogP) is 1.23. The largest absolute Gasteiger partial charge is 0.393 e. The SMILES string of the molecule is O=C(NC1CCC(O)CC1)N1CCCCC1C1OCCO1. The summed E-state index contributed by atoms with van der Waals surface area (Å²) in [5.74, 6) is 0. The molecule has 3 aliphatic rings. The first-order valence-electron chi connectivity index (χ1n) is 8.22. The van der Waals surface area contributed by atoms with E-state index in [1.165, 1.54) is 0 Å². The molecule has 3 fully saturated rings. The number of nitrogens with one attached hydrogen (secondary N) is 1. The van der Waals surface area contributed by atoms with Gasteiger partial charge in [0.05, 0.1) is 25.4 Å². The number of aliphatic hydroxyl groups excluding tert-OH is 1. The molecule has 0 bridgehead atoms. The molecule has 3 rings (SSSR count). The van der Waals surface area contributed by atoms with E-state index in [0.717, 1.165) is 51.5 Å². The van der Waals surface area contributed by atoms with Gasteiger partial charge in [-0.05, 0) is 44.9 Å². The summed E-state index contributed by atoms with van der Waals surface area (Å²) < 4.78 is 11.2. The van der Waals surface area contributed by atoms with E-state index in [4.69, 9.17) is 9.47 Å². The number of amides is 2. The molecule has 0 aromatic heterocycles. The van der Waals surface area contributed by atoms with E-state index in [1.54, 1.807) is 0 Å². The Balaban J connectivity index is 1.56. The van der Waals surface area contributed by atoms with Gasteiger partial charge in [0.2, 0.25) is 0 Å². The Kier molecular flexibility index (Phi) is 4.98. The smallest absolute Gasteiger partial charge is 0.318 e. The molecule has 1 saturated carbocycles. The first-order valence-corrected chi connectivity index (χ1v) is 8.22. The summed E-state index contributed by atoms with van der Waals surface area (Å²) in [6.45, 7) is 2.02. The number of carbonyl (C=O) groups is 1. The number of piperidine rings is 1. The summed E-state index contributed by atoms with van der Waals surface area (Å²) >= 11 is 0. The number of hydrogen-bond donors (Lipinski definition) is 2. The van der Waals surface area contributed by atoms with E-state index in [-0.39, 0.29) is 30.5 Å². The van der Waals surface area contributed by atoms with Crippen molar-refractivity contribution in [3.8, 4) is 0 Å². The van der Waals surface area contributed by atoms with Gasteiger partial charge in [0.25, 0.3) is 0 Å². The van der Waals surface area contributed by atoms with Crippen LogP contribution in [-0.2, 0) is 9.47 Å². The minimum Gasteiger partial charge on any atom is -0.393 e. The Labute approximate surface area is 125 Å². The van der Waals surface area contributed by atoms with E-state index >= 15 is 0 Å². The Morgan fingerprint density at radius 1 is 1.05 bits per heavy atom. The van der Waals surface area contributed by atoms with Crippen molar-refractivity contribution in [3.05, 3.63) is 0 Å². The fraction of sp³-hybridized carbons (Fsp3) is 0.933. The Morgan fingerprint density at radius 3 is 2.48 bits per heavy atom. The van der Waals surface area contributed by atoms with Gasteiger partial charge in [-0.25, -0.2) is 4.79 Å². The van der Waals surface area contributed by atoms with Crippen LogP contribution >= 0.6 is 0 Å². The first-order chi connectivity index (χ1) is 10.2. The average Bonchev–Trinajstić information content (AvgIpc) is 3.04. The maximum absolute atomic E-state index is 12.6. The Hall–Kier alpha value is -0.850. The zero-order valence-electron chi connectivity index (χ0n) is 12.5. The molecule has 6 heteroatoms. The van der Waals surface area contributed by atoms with Crippen LogP contribution in [0.4, 0.5) is 4.79 Å². The normalized spacial score (nSPS) is 34.9. The second kappa shape index (κ2) is 6.94. The van der Waals surface area contributed by atoms with E-state index < -0.39 is 0 Å². The molecule has 0 aromatic rings. The molecule has 2 saturated heterocycles. The molecule has 1 unspecified atom stereocenters. The Morgan fingerprint density at radius 2 is 1.76 bits per heavy atom. The number of aliphatic hydroxyl groups is 1. The van der Waals surface area contributed by atoms with Crippen LogP contribution in [-0.4, -0.2) is 60.3 Å². The van der Waals surface area contributed by atoms with Gasteiger partial charge in [-0.3, -0.25) is 0 Å². The minimum absolute atomic E-state index is 0.000176. The molecular formula is C15H26N2O4. The molecule has 0 spiro atoms. The van der Waals surface area contributed by atoms with Crippen molar-refractivity contribution >= 4 is 6.03 Å². The van der Waals surface area contributed by atoms with Gasteiger partial charge in [-0.1, -0.05) is 0 Å². The molecule has 0 radical (unpaired) electrons. The van der Waals surface area contributed by atoms with Crippen molar-refractivity contribution in [2.24, 2.45) is 0 Å². The van der Waals surface area contributed by atoms with E-state index in [9.17, 15) is 9.90 Å². The van der Waals surface area contributed by atoms with Gasteiger partial charge in [0, 0.05) is 12.6 Å². The topological polar surface area (TPSA) is 71.0 Å². The van der Waals surface area contributed by atoms with Crippen LogP contribution in [0, 0.1) is 0 Å². The zero-order valence-corrected chi connectivity index (χ0v) is 12.5. The molecule has 1 aliphatic carbocycles. The summed E-state index contributed by atoms with van der Waals surface area (Å²) in [5.41, 5.74) is 0. The Bertz CT molecular complexity index is 352. The lowest BCUT2D eigenvalue weighted by molar-refractivity contribution is -0.0985. The first kappa shape index (κ1) is 15.1. The molecular weight excluding hydrogens is 272 g/mol. The number of nitrogens with zero attached hydrogens (tertiary/aromatic N) is 1. The van der Waals surface area contributed by atoms with Crippen molar-refractivity contribution in [2.45, 2.75) is 69.4 Å². The molecule has 120 valence electrons. The fourth-order valence-electron chi connectivity index (χ4n) is 3.57. The standard InChI is InChI=1S/C15H26N2O4/c18-12-6-4-11(5-7-12)16-15(19)17-8-2-1-3-13(17)14-20-9-10-21-14/h11-14,18H,1-10H2,(H,16,19). The third-order valence-electron chi connectivity index (χ3n) is 4.80. The van der Waals surface area contributed by atoms with Crippen LogP contribution in [0.15, 0.2) is 0 Å². The second-order valence-electron chi connectivity index (χ2n) is 6.32. The second-order valence-corrected chi connectivity index (χ2v) is 6.32. The molecule has 6 nitrogen and oxygen atoms in total. The lowest BCUT2D eigenvalue weighted by Gasteiger charge is -2.39. The monoisotopic (exact) mass is 298 g/mol. The molecule has 2 amide bonds. The number of urea groups is 1. The lowest BCUT2D eigenvalue weighted by atomic mass is 9.93. The number of carbonyl (C=O) groups excluding carboxylic acids is 1. The summed E-state index contributed by atoms with van der Waals surface area (Å²) in [7, 11) is 0. The molecule has 2 aliphatic heterocycles. The molecule has 2 heterocycles. The average molecular weight is 298 g/mol. The molecule has 2 N–H and O–H groups in total. The quantitative estimate of drug-likeness (QED) is 0.804. The van der Waals surface area contributed by atoms with Gasteiger partial charge in [-0.15, -0.1) is 0 Å². The van der Waals surface area contributed by atoms with Gasteiger partial charge >= 0.3 is 6.03 Å². The van der Waals surface area contributed by atoms with Crippen LogP contribution in [0.25, 0.3) is 0 Å². The number of ether oxygens (including phenoxy) is 2. The van der Waals surface area contributed by atoms with Crippen molar-refractivity contribution < 1.29 is 19.4 Å². The van der Waals surface area contributed by atoms with Crippen LogP contribution in [0.1, 0.15) is 44.9 Å². The van der Waals surface area contributed by atoms with Gasteiger partial charge in [-0.2, -0.15) is 0 Å². The molecule has 21 heavy (non-hydrogen) atoms. The van der Waals surface area contributed by atoms with Gasteiger partial charge in [0.15, 0.2) is 6.29 Å². The number of rotatable bonds is 2. The predicted molar refractivity (Wildman–Crippen MR) is 76.8 cm³/mol. The third kappa shape index (κ3) is 3.67. The van der Waals surface area contributed by atoms with Crippen molar-refractivity contribution in [1.29, 1.82) is 0 Å². The molecule has 0 aromatic carbocycles. The highest BCUT2D eigenvalue weighted by molar-refractivity contribution is 5.75. The third-order valence-corrected chi connectivity index (χ3v) is 4.80. The highest BCUT2D eigenvalue weighted by Gasteiger charge is 2.37. The van der Waals surface area contributed by atoms with Crippen LogP contribution in [0.5, 0.6) is 0 Å². The van der Waals surface area contributed by atoms with E-state index in [1.807, 2.05) is 4.90 Å². The maximum Gasteiger partial charge on any atom is 0.318 e. The zero-order chi connectivity index (χ0) is 14.7. The van der Waals surface area contributed by atoms with Crippen LogP contribution in [0.3, 0.4) is 0 Å². The fourth-order valence-corrected chi connectivity index (χ4v) is 3.57. The lowest BCUT2D eigenvalue weighted by Crippen LogP contribution is -2.55. The number of likely N-dealkylation sites (tertiary alicyclic amines) is 1. The maximum atomic E-state index is 12.6. The van der Waals surface area contributed by atoms with Crippen LogP contribution in [0.2, 0.25) is 0 Å². The summed E-state index contributed by atoms with van der Waals surface area (Å²) in [6.07, 6.45) is 5.94. The van der Waals surface area contributed by atoms with Gasteiger partial charge in [0.1, 0.15) is 0 Å². The van der Waals surface area contributed by atoms with E-state index in [0.29, 0.717) is 13.2 Å². The van der Waals surface area contributed by atoms with Crippen molar-refractivity contribution in [3.63, 3.8) is 0 Å². The molecule has 1 atom stereocenters. The van der Waals surface area contributed by atoms with E-state index in [2.05, 4.69) is 5.32 Å². The van der Waals surface area contributed by atoms with Crippen molar-refractivity contribution in [2.75, 3.05) is 19.8 Å². The summed E-state index contributed by atoms with van der Waals surface area (Å²) in [5, 5.41) is 12.7. The summed E-state index contributed by atoms with van der Waals surface area (Å²) in [4.78, 5) is 14.4. The minimum atomic E-state index is -0.260. The summed E-state index contributed by atoms with van der Waals surface area (Å²) in [6, 6.07) is 0.226. The van der Waals surface area contributed by atoms with Crippen LogP contribution < -0.4 is 5.32 Å². The van der Waals surface area contributed by atoms with Crippen molar-refractivity contribution in [1.82, 2.24) is 10.2 Å². The highest BCUT2D eigenvalue weighted by Crippen LogP contribution is 2.25. The number of hydrogen-bond acceptors (Lipinski definition) is 4. The van der Waals surface area contributed by atoms with Gasteiger partial charge < -0.3 is 24.8 Å².